The summed E-state index contributed by atoms with van der Waals surface area (Å²) in [7, 11) is 5.44. The van der Waals surface area contributed by atoms with Crippen molar-refractivity contribution in [2.75, 3.05) is 74.1 Å². The molecule has 1 aliphatic rings. The summed E-state index contributed by atoms with van der Waals surface area (Å²) in [6.45, 7) is 8.99. The highest BCUT2D eigenvalue weighted by Gasteiger charge is 2.44. The number of methoxy groups -OCH3 is 2. The molecule has 7 nitrogen and oxygen atoms in total. The monoisotopic (exact) mass is 349 g/mol. The average molecular weight is 349 g/mol. The highest BCUT2D eigenvalue weighted by molar-refractivity contribution is 4.97. The van der Waals surface area contributed by atoms with Crippen LogP contribution >= 0.6 is 0 Å². The van der Waals surface area contributed by atoms with Crippen LogP contribution in [0.15, 0.2) is 0 Å². The van der Waals surface area contributed by atoms with Crippen LogP contribution in [0, 0.1) is 0 Å². The van der Waals surface area contributed by atoms with Gasteiger partial charge in [0.1, 0.15) is 12.2 Å². The summed E-state index contributed by atoms with van der Waals surface area (Å²) in [6, 6.07) is 0.608. The molecule has 4 atom stereocenters. The van der Waals surface area contributed by atoms with Gasteiger partial charge in [0.05, 0.1) is 52.9 Å². The minimum Gasteiger partial charge on any atom is -0.382 e. The molecule has 1 heterocycles. The Hall–Kier alpha value is -0.280. The number of likely N-dealkylation sites (tertiary alicyclic amines) is 1. The smallest absolute Gasteiger partial charge is 0.100 e. The van der Waals surface area contributed by atoms with Crippen LogP contribution in [-0.4, -0.2) is 103 Å². The van der Waals surface area contributed by atoms with Gasteiger partial charge in [-0.15, -0.1) is 0 Å². The number of hydrogen-bond donors (Lipinski definition) is 0. The van der Waals surface area contributed by atoms with E-state index in [2.05, 4.69) is 25.8 Å². The number of rotatable bonds is 14. The first-order valence-electron chi connectivity index (χ1n) is 8.72. The molecule has 0 amide bonds. The molecule has 0 unspecified atom stereocenters. The van der Waals surface area contributed by atoms with Gasteiger partial charge in [-0.3, -0.25) is 4.90 Å². The zero-order chi connectivity index (χ0) is 17.8. The lowest BCUT2D eigenvalue weighted by Crippen LogP contribution is -2.37. The van der Waals surface area contributed by atoms with Crippen LogP contribution in [0.1, 0.15) is 13.8 Å². The van der Waals surface area contributed by atoms with Gasteiger partial charge in [-0.1, -0.05) is 0 Å². The Balaban J connectivity index is 2.30. The van der Waals surface area contributed by atoms with Crippen molar-refractivity contribution in [1.29, 1.82) is 0 Å². The standard InChI is InChI=1S/C17H35NO6/c1-14-16(23-12-10-21-8-6-19-4)17(15(2)18(14)3)24-13-11-22-9-7-20-5/h14-17H,6-13H2,1-5H3/t14-,15-,16+,17+/m1/s1. The highest BCUT2D eigenvalue weighted by atomic mass is 16.6. The third kappa shape index (κ3) is 7.31. The number of ether oxygens (including phenoxy) is 6. The van der Waals surface area contributed by atoms with Gasteiger partial charge in [-0.2, -0.15) is 0 Å². The lowest BCUT2D eigenvalue weighted by atomic mass is 10.1. The molecule has 0 spiro atoms. The number of hydrogen-bond acceptors (Lipinski definition) is 7. The minimum absolute atomic E-state index is 0.0370. The van der Waals surface area contributed by atoms with Crippen molar-refractivity contribution in [2.24, 2.45) is 0 Å². The van der Waals surface area contributed by atoms with E-state index < -0.39 is 0 Å². The van der Waals surface area contributed by atoms with Gasteiger partial charge in [0.2, 0.25) is 0 Å². The minimum atomic E-state index is 0.0370. The molecule has 0 aliphatic carbocycles. The second-order valence-electron chi connectivity index (χ2n) is 6.03. The molecule has 1 rings (SSSR count). The van der Waals surface area contributed by atoms with E-state index in [-0.39, 0.29) is 12.2 Å². The van der Waals surface area contributed by atoms with Crippen molar-refractivity contribution in [1.82, 2.24) is 4.90 Å². The van der Waals surface area contributed by atoms with Crippen LogP contribution < -0.4 is 0 Å². The van der Waals surface area contributed by atoms with E-state index in [4.69, 9.17) is 28.4 Å². The van der Waals surface area contributed by atoms with E-state index in [0.717, 1.165) is 0 Å². The molecule has 7 heteroatoms. The maximum atomic E-state index is 6.05. The summed E-state index contributed by atoms with van der Waals surface area (Å²) in [5.41, 5.74) is 0. The topological polar surface area (TPSA) is 58.6 Å². The van der Waals surface area contributed by atoms with Gasteiger partial charge in [0.25, 0.3) is 0 Å². The fourth-order valence-electron chi connectivity index (χ4n) is 2.83. The van der Waals surface area contributed by atoms with Crippen molar-refractivity contribution in [3.63, 3.8) is 0 Å². The first-order valence-corrected chi connectivity index (χ1v) is 8.72. The molecule has 1 aliphatic heterocycles. The fourth-order valence-corrected chi connectivity index (χ4v) is 2.83. The lowest BCUT2D eigenvalue weighted by molar-refractivity contribution is -0.0876. The normalized spacial score (nSPS) is 27.9. The van der Waals surface area contributed by atoms with E-state index in [1.165, 1.54) is 0 Å². The molecule has 0 bridgehead atoms. The second-order valence-corrected chi connectivity index (χ2v) is 6.03. The zero-order valence-corrected chi connectivity index (χ0v) is 15.9. The molecular weight excluding hydrogens is 314 g/mol. The van der Waals surface area contributed by atoms with Crippen molar-refractivity contribution in [2.45, 2.75) is 38.1 Å². The molecule has 0 N–H and O–H groups in total. The van der Waals surface area contributed by atoms with Crippen molar-refractivity contribution in [3.8, 4) is 0 Å². The molecule has 144 valence electrons. The molecule has 0 aromatic rings. The second kappa shape index (κ2) is 13.0. The molecule has 1 saturated heterocycles. The van der Waals surface area contributed by atoms with Crippen LogP contribution in [0.4, 0.5) is 0 Å². The van der Waals surface area contributed by atoms with Gasteiger partial charge >= 0.3 is 0 Å². The van der Waals surface area contributed by atoms with Crippen LogP contribution in [0.2, 0.25) is 0 Å². The van der Waals surface area contributed by atoms with Gasteiger partial charge in [0.15, 0.2) is 0 Å². The summed E-state index contributed by atoms with van der Waals surface area (Å²) in [4.78, 5) is 2.30. The Kier molecular flexibility index (Phi) is 11.8. The SMILES string of the molecule is COCCOCCO[C@@H]1[C@@H](OCCOCCOC)[C@@H](C)N(C)[C@@H]1C. The van der Waals surface area contributed by atoms with E-state index in [1.807, 2.05) is 0 Å². The van der Waals surface area contributed by atoms with Crippen molar-refractivity contribution < 1.29 is 28.4 Å². The fraction of sp³-hybridized carbons (Fsp3) is 1.00. The van der Waals surface area contributed by atoms with Gasteiger partial charge in [-0.25, -0.2) is 0 Å². The molecule has 0 aromatic heterocycles. The van der Waals surface area contributed by atoms with E-state index in [0.29, 0.717) is 64.9 Å². The van der Waals surface area contributed by atoms with Gasteiger partial charge in [0, 0.05) is 26.3 Å². The van der Waals surface area contributed by atoms with Crippen molar-refractivity contribution >= 4 is 0 Å². The maximum absolute atomic E-state index is 6.05. The quantitative estimate of drug-likeness (QED) is 0.430. The van der Waals surface area contributed by atoms with Gasteiger partial charge in [-0.05, 0) is 20.9 Å². The van der Waals surface area contributed by atoms with E-state index >= 15 is 0 Å². The third-order valence-electron chi connectivity index (χ3n) is 4.50. The first kappa shape index (κ1) is 21.8. The Morgan fingerprint density at radius 1 is 0.625 bits per heavy atom. The van der Waals surface area contributed by atoms with Crippen LogP contribution in [0.3, 0.4) is 0 Å². The predicted molar refractivity (Wildman–Crippen MR) is 91.6 cm³/mol. The summed E-state index contributed by atoms with van der Waals surface area (Å²) in [5, 5.41) is 0. The van der Waals surface area contributed by atoms with Gasteiger partial charge < -0.3 is 28.4 Å². The van der Waals surface area contributed by atoms with E-state index in [9.17, 15) is 0 Å². The molecule has 1 fully saturated rings. The predicted octanol–water partition coefficient (Wildman–Crippen LogP) is 0.805. The highest BCUT2D eigenvalue weighted by Crippen LogP contribution is 2.28. The summed E-state index contributed by atoms with van der Waals surface area (Å²) >= 11 is 0. The zero-order valence-electron chi connectivity index (χ0n) is 15.9. The summed E-state index contributed by atoms with van der Waals surface area (Å²) in [5.74, 6) is 0. The van der Waals surface area contributed by atoms with Crippen LogP contribution in [-0.2, 0) is 28.4 Å². The molecule has 24 heavy (non-hydrogen) atoms. The Morgan fingerprint density at radius 3 is 1.38 bits per heavy atom. The molecule has 0 saturated carbocycles. The summed E-state index contributed by atoms with van der Waals surface area (Å²) < 4.78 is 32.9. The Bertz CT molecular complexity index is 279. The van der Waals surface area contributed by atoms with Crippen LogP contribution in [0.25, 0.3) is 0 Å². The van der Waals surface area contributed by atoms with Crippen LogP contribution in [0.5, 0.6) is 0 Å². The Morgan fingerprint density at radius 2 is 1.00 bits per heavy atom. The van der Waals surface area contributed by atoms with E-state index in [1.54, 1.807) is 14.2 Å². The largest absolute Gasteiger partial charge is 0.382 e. The maximum Gasteiger partial charge on any atom is 0.100 e. The molecule has 0 aromatic carbocycles. The summed E-state index contributed by atoms with van der Waals surface area (Å²) in [6.07, 6.45) is 0.0741. The molecule has 0 radical (unpaired) electrons. The molecular formula is C17H35NO6. The van der Waals surface area contributed by atoms with Crippen molar-refractivity contribution in [3.05, 3.63) is 0 Å². The number of nitrogens with zero attached hydrogens (tertiary/aromatic N) is 1. The Labute approximate surface area is 146 Å². The number of likely N-dealkylation sites (N-methyl/N-ethyl adjacent to an activating group) is 1. The third-order valence-corrected chi connectivity index (χ3v) is 4.50. The first-order chi connectivity index (χ1) is 11.6. The lowest BCUT2D eigenvalue weighted by Gasteiger charge is -2.24. The average Bonchev–Trinajstić information content (AvgIpc) is 2.78.